The Bertz CT molecular complexity index is 506. The molecular formula is C17H23NO4. The molecule has 5 heteroatoms. The highest BCUT2D eigenvalue weighted by Crippen LogP contribution is 2.27. The van der Waals surface area contributed by atoms with Crippen LogP contribution in [0.3, 0.4) is 0 Å². The van der Waals surface area contributed by atoms with Gasteiger partial charge in [-0.25, -0.2) is 0 Å². The van der Waals surface area contributed by atoms with E-state index >= 15 is 0 Å². The van der Waals surface area contributed by atoms with Crippen LogP contribution in [0.4, 0.5) is 0 Å². The van der Waals surface area contributed by atoms with Gasteiger partial charge in [-0.3, -0.25) is 9.59 Å². The third kappa shape index (κ3) is 4.48. The Morgan fingerprint density at radius 2 is 1.77 bits per heavy atom. The summed E-state index contributed by atoms with van der Waals surface area (Å²) in [4.78, 5) is 25.4. The van der Waals surface area contributed by atoms with Crippen LogP contribution in [-0.4, -0.2) is 42.1 Å². The van der Waals surface area contributed by atoms with Gasteiger partial charge in [0.05, 0.1) is 13.5 Å². The molecule has 1 N–H and O–H groups in total. The standard InChI is InChI=1S/C17H23NO4/c1-22-15-7-5-13(6-8-15)14(12-17(20)21)11-16(19)18-9-3-2-4-10-18/h5-8,14H,2-4,9-12H2,1H3,(H,20,21)/t14-/m1/s1. The highest BCUT2D eigenvalue weighted by atomic mass is 16.5. The van der Waals surface area contributed by atoms with E-state index in [1.54, 1.807) is 19.2 Å². The molecule has 0 aliphatic carbocycles. The second-order valence-corrected chi connectivity index (χ2v) is 5.71. The van der Waals surface area contributed by atoms with Gasteiger partial charge in [-0.2, -0.15) is 0 Å². The van der Waals surface area contributed by atoms with E-state index in [0.29, 0.717) is 0 Å². The molecule has 5 nitrogen and oxygen atoms in total. The van der Waals surface area contributed by atoms with Gasteiger partial charge in [0.15, 0.2) is 0 Å². The summed E-state index contributed by atoms with van der Waals surface area (Å²) in [6.07, 6.45) is 3.46. The molecule has 0 bridgehead atoms. The maximum atomic E-state index is 12.4. The lowest BCUT2D eigenvalue weighted by Crippen LogP contribution is -2.36. The van der Waals surface area contributed by atoms with Crippen molar-refractivity contribution in [1.82, 2.24) is 4.90 Å². The first kappa shape index (κ1) is 16.3. The fourth-order valence-electron chi connectivity index (χ4n) is 2.88. The van der Waals surface area contributed by atoms with Gasteiger partial charge in [-0.05, 0) is 37.0 Å². The van der Waals surface area contributed by atoms with Gasteiger partial charge >= 0.3 is 5.97 Å². The van der Waals surface area contributed by atoms with Gasteiger partial charge in [-0.15, -0.1) is 0 Å². The molecule has 1 aromatic rings. The Hall–Kier alpha value is -2.04. The van der Waals surface area contributed by atoms with Gasteiger partial charge in [0, 0.05) is 25.4 Å². The predicted molar refractivity (Wildman–Crippen MR) is 83.0 cm³/mol. The fourth-order valence-corrected chi connectivity index (χ4v) is 2.88. The van der Waals surface area contributed by atoms with Gasteiger partial charge in [0.2, 0.25) is 5.91 Å². The van der Waals surface area contributed by atoms with Gasteiger partial charge in [0.25, 0.3) is 0 Å². The Kier molecular flexibility index (Phi) is 5.81. The number of carbonyl (C=O) groups is 2. The zero-order valence-corrected chi connectivity index (χ0v) is 13.0. The van der Waals surface area contributed by atoms with Crippen molar-refractivity contribution in [3.8, 4) is 5.75 Å². The molecule has 1 aliphatic heterocycles. The van der Waals surface area contributed by atoms with E-state index in [9.17, 15) is 9.59 Å². The molecule has 1 fully saturated rings. The van der Waals surface area contributed by atoms with E-state index in [1.165, 1.54) is 6.42 Å². The third-order valence-electron chi connectivity index (χ3n) is 4.14. The average molecular weight is 305 g/mol. The third-order valence-corrected chi connectivity index (χ3v) is 4.14. The molecule has 0 saturated carbocycles. The summed E-state index contributed by atoms with van der Waals surface area (Å²) >= 11 is 0. The number of nitrogens with zero attached hydrogens (tertiary/aromatic N) is 1. The van der Waals surface area contributed by atoms with Crippen molar-refractivity contribution in [2.75, 3.05) is 20.2 Å². The maximum absolute atomic E-state index is 12.4. The van der Waals surface area contributed by atoms with E-state index in [1.807, 2.05) is 17.0 Å². The lowest BCUT2D eigenvalue weighted by Gasteiger charge is -2.28. The molecule has 0 aromatic heterocycles. The number of amides is 1. The van der Waals surface area contributed by atoms with Crippen molar-refractivity contribution >= 4 is 11.9 Å². The minimum absolute atomic E-state index is 0.0358. The number of aliphatic carboxylic acids is 1. The topological polar surface area (TPSA) is 66.8 Å². The minimum Gasteiger partial charge on any atom is -0.497 e. The first-order valence-electron chi connectivity index (χ1n) is 7.73. The smallest absolute Gasteiger partial charge is 0.303 e. The number of carboxylic acids is 1. The number of ether oxygens (including phenoxy) is 1. The second-order valence-electron chi connectivity index (χ2n) is 5.71. The van der Waals surface area contributed by atoms with Crippen LogP contribution in [0.5, 0.6) is 5.75 Å². The van der Waals surface area contributed by atoms with E-state index < -0.39 is 5.97 Å². The molecule has 120 valence electrons. The van der Waals surface area contributed by atoms with Crippen LogP contribution in [0.25, 0.3) is 0 Å². The molecule has 1 amide bonds. The van der Waals surface area contributed by atoms with Crippen LogP contribution in [-0.2, 0) is 9.59 Å². The second kappa shape index (κ2) is 7.82. The first-order chi connectivity index (χ1) is 10.6. The molecule has 1 aromatic carbocycles. The fraction of sp³-hybridized carbons (Fsp3) is 0.529. The van der Waals surface area contributed by atoms with Crippen molar-refractivity contribution in [2.45, 2.75) is 38.0 Å². The van der Waals surface area contributed by atoms with Crippen molar-refractivity contribution in [2.24, 2.45) is 0 Å². The van der Waals surface area contributed by atoms with Crippen molar-refractivity contribution in [3.05, 3.63) is 29.8 Å². The number of carboxylic acid groups (broad SMARTS) is 1. The van der Waals surface area contributed by atoms with E-state index in [0.717, 1.165) is 37.2 Å². The molecule has 1 atom stereocenters. The number of methoxy groups -OCH3 is 1. The zero-order chi connectivity index (χ0) is 15.9. The van der Waals surface area contributed by atoms with Crippen LogP contribution in [0.2, 0.25) is 0 Å². The van der Waals surface area contributed by atoms with Crippen LogP contribution < -0.4 is 4.74 Å². The number of hydrogen-bond acceptors (Lipinski definition) is 3. The van der Waals surface area contributed by atoms with E-state index in [2.05, 4.69) is 0 Å². The highest BCUT2D eigenvalue weighted by molar-refractivity contribution is 5.78. The van der Waals surface area contributed by atoms with E-state index in [4.69, 9.17) is 9.84 Å². The van der Waals surface area contributed by atoms with Crippen LogP contribution >= 0.6 is 0 Å². The van der Waals surface area contributed by atoms with Gasteiger partial charge in [0.1, 0.15) is 5.75 Å². The summed E-state index contributed by atoms with van der Waals surface area (Å²) in [6.45, 7) is 1.59. The number of benzene rings is 1. The van der Waals surface area contributed by atoms with Crippen LogP contribution in [0, 0.1) is 0 Å². The molecular weight excluding hydrogens is 282 g/mol. The lowest BCUT2D eigenvalue weighted by molar-refractivity contribution is -0.138. The molecule has 0 radical (unpaired) electrons. The van der Waals surface area contributed by atoms with Crippen molar-refractivity contribution in [3.63, 3.8) is 0 Å². The summed E-state index contributed by atoms with van der Waals surface area (Å²) in [6, 6.07) is 7.29. The quantitative estimate of drug-likeness (QED) is 0.877. The van der Waals surface area contributed by atoms with Crippen LogP contribution in [0.1, 0.15) is 43.6 Å². The summed E-state index contributed by atoms with van der Waals surface area (Å²) in [7, 11) is 1.59. The summed E-state index contributed by atoms with van der Waals surface area (Å²) in [5.74, 6) is -0.396. The SMILES string of the molecule is COc1ccc([C@@H](CC(=O)O)CC(=O)N2CCCCC2)cc1. The molecule has 22 heavy (non-hydrogen) atoms. The number of likely N-dealkylation sites (tertiary alicyclic amines) is 1. The maximum Gasteiger partial charge on any atom is 0.303 e. The van der Waals surface area contributed by atoms with Crippen LogP contribution in [0.15, 0.2) is 24.3 Å². The molecule has 2 rings (SSSR count). The zero-order valence-electron chi connectivity index (χ0n) is 13.0. The Labute approximate surface area is 130 Å². The molecule has 1 saturated heterocycles. The Morgan fingerprint density at radius 3 is 2.32 bits per heavy atom. The largest absolute Gasteiger partial charge is 0.497 e. The van der Waals surface area contributed by atoms with Gasteiger partial charge < -0.3 is 14.7 Å². The Balaban J connectivity index is 2.07. The van der Waals surface area contributed by atoms with E-state index in [-0.39, 0.29) is 24.7 Å². The summed E-state index contributed by atoms with van der Waals surface area (Å²) in [5.41, 5.74) is 0.869. The minimum atomic E-state index is -0.882. The molecule has 0 spiro atoms. The number of carbonyl (C=O) groups excluding carboxylic acids is 1. The molecule has 1 heterocycles. The number of piperidine rings is 1. The average Bonchev–Trinajstić information content (AvgIpc) is 2.54. The number of rotatable bonds is 6. The Morgan fingerprint density at radius 1 is 1.14 bits per heavy atom. The number of hydrogen-bond donors (Lipinski definition) is 1. The first-order valence-corrected chi connectivity index (χ1v) is 7.73. The highest BCUT2D eigenvalue weighted by Gasteiger charge is 2.23. The monoisotopic (exact) mass is 305 g/mol. The predicted octanol–water partition coefficient (Wildman–Crippen LogP) is 2.66. The lowest BCUT2D eigenvalue weighted by atomic mass is 9.91. The van der Waals surface area contributed by atoms with Crippen molar-refractivity contribution < 1.29 is 19.4 Å². The molecule has 0 unspecified atom stereocenters. The molecule has 1 aliphatic rings. The summed E-state index contributed by atoms with van der Waals surface area (Å²) < 4.78 is 5.11. The normalized spacial score (nSPS) is 16.1. The summed E-state index contributed by atoms with van der Waals surface area (Å²) in [5, 5.41) is 9.12. The van der Waals surface area contributed by atoms with Gasteiger partial charge in [-0.1, -0.05) is 12.1 Å². The van der Waals surface area contributed by atoms with Crippen molar-refractivity contribution in [1.29, 1.82) is 0 Å².